The van der Waals surface area contributed by atoms with Gasteiger partial charge in [-0.1, -0.05) is 34.8 Å². The molecule has 0 bridgehead atoms. The summed E-state index contributed by atoms with van der Waals surface area (Å²) >= 11 is 17.7. The summed E-state index contributed by atoms with van der Waals surface area (Å²) in [5, 5.41) is 1.16. The fourth-order valence-electron chi connectivity index (χ4n) is 1.67. The van der Waals surface area contributed by atoms with Crippen LogP contribution in [0.5, 0.6) is 5.75 Å². The number of Topliss-reactive ketones (excluding diaryl/α,β-unsaturated/α-hetero) is 1. The monoisotopic (exact) mass is 292 g/mol. The van der Waals surface area contributed by atoms with Crippen molar-refractivity contribution < 1.29 is 9.53 Å². The summed E-state index contributed by atoms with van der Waals surface area (Å²) in [6.07, 6.45) is 0.244. The van der Waals surface area contributed by atoms with E-state index in [2.05, 4.69) is 0 Å². The van der Waals surface area contributed by atoms with E-state index in [1.54, 1.807) is 6.07 Å². The first-order chi connectivity index (χ1) is 7.82. The Morgan fingerprint density at radius 3 is 2.29 bits per heavy atom. The molecule has 0 aromatic heterocycles. The predicted molar refractivity (Wildman–Crippen MR) is 69.3 cm³/mol. The molecule has 1 aliphatic rings. The van der Waals surface area contributed by atoms with Gasteiger partial charge in [-0.3, -0.25) is 4.79 Å². The highest BCUT2D eigenvalue weighted by Crippen LogP contribution is 2.42. The summed E-state index contributed by atoms with van der Waals surface area (Å²) in [7, 11) is 0. The Morgan fingerprint density at radius 2 is 1.76 bits per heavy atom. The molecule has 5 heteroatoms. The SMILES string of the molecule is CC1(C)C(=O)CC1Oc1cc(Cl)c(Cl)cc1Cl. The quantitative estimate of drug-likeness (QED) is 0.756. The molecule has 0 heterocycles. The number of hydrogen-bond acceptors (Lipinski definition) is 2. The van der Waals surface area contributed by atoms with Gasteiger partial charge in [0.1, 0.15) is 17.6 Å². The van der Waals surface area contributed by atoms with E-state index in [0.29, 0.717) is 27.2 Å². The van der Waals surface area contributed by atoms with Gasteiger partial charge in [-0.2, -0.15) is 0 Å². The van der Waals surface area contributed by atoms with Crippen molar-refractivity contribution in [3.05, 3.63) is 27.2 Å². The third kappa shape index (κ3) is 2.26. The molecule has 1 saturated carbocycles. The molecule has 0 spiro atoms. The highest BCUT2D eigenvalue weighted by Gasteiger charge is 2.49. The van der Waals surface area contributed by atoms with Crippen LogP contribution in [0.4, 0.5) is 0 Å². The van der Waals surface area contributed by atoms with Gasteiger partial charge < -0.3 is 4.74 Å². The van der Waals surface area contributed by atoms with Crippen molar-refractivity contribution in [3.63, 3.8) is 0 Å². The first-order valence-electron chi connectivity index (χ1n) is 5.17. The lowest BCUT2D eigenvalue weighted by Gasteiger charge is -2.42. The minimum Gasteiger partial charge on any atom is -0.487 e. The Labute approximate surface area is 115 Å². The smallest absolute Gasteiger partial charge is 0.145 e. The molecule has 1 aliphatic carbocycles. The van der Waals surface area contributed by atoms with E-state index in [1.165, 1.54) is 6.07 Å². The lowest BCUT2D eigenvalue weighted by molar-refractivity contribution is -0.148. The zero-order chi connectivity index (χ0) is 12.8. The highest BCUT2D eigenvalue weighted by atomic mass is 35.5. The van der Waals surface area contributed by atoms with Crippen LogP contribution in [0, 0.1) is 5.41 Å². The van der Waals surface area contributed by atoms with Crippen molar-refractivity contribution in [3.8, 4) is 5.75 Å². The highest BCUT2D eigenvalue weighted by molar-refractivity contribution is 6.43. The van der Waals surface area contributed by atoms with Gasteiger partial charge in [0.25, 0.3) is 0 Å². The third-order valence-electron chi connectivity index (χ3n) is 3.14. The number of rotatable bonds is 2. The number of carbonyl (C=O) groups is 1. The summed E-state index contributed by atoms with van der Waals surface area (Å²) in [6.45, 7) is 3.71. The fourth-order valence-corrected chi connectivity index (χ4v) is 2.25. The maximum Gasteiger partial charge on any atom is 0.145 e. The van der Waals surface area contributed by atoms with Gasteiger partial charge >= 0.3 is 0 Å². The standard InChI is InChI=1S/C12H11Cl3O2/c1-12(2)10(16)5-11(12)17-9-4-7(14)6(13)3-8(9)15/h3-4,11H,5H2,1-2H3. The lowest BCUT2D eigenvalue weighted by atomic mass is 9.68. The van der Waals surface area contributed by atoms with Crippen molar-refractivity contribution in [2.45, 2.75) is 26.4 Å². The fraction of sp³-hybridized carbons (Fsp3) is 0.417. The van der Waals surface area contributed by atoms with Crippen LogP contribution in [0.2, 0.25) is 15.1 Å². The molecule has 1 aromatic carbocycles. The van der Waals surface area contributed by atoms with Crippen molar-refractivity contribution in [1.82, 2.24) is 0 Å². The number of hydrogen-bond donors (Lipinski definition) is 0. The average molecular weight is 294 g/mol. The van der Waals surface area contributed by atoms with Crippen LogP contribution in [0.3, 0.4) is 0 Å². The first-order valence-corrected chi connectivity index (χ1v) is 6.30. The van der Waals surface area contributed by atoms with Crippen LogP contribution in [-0.4, -0.2) is 11.9 Å². The van der Waals surface area contributed by atoms with Gasteiger partial charge in [-0.25, -0.2) is 0 Å². The van der Waals surface area contributed by atoms with Crippen LogP contribution in [0.15, 0.2) is 12.1 Å². The van der Waals surface area contributed by atoms with Gasteiger partial charge in [0.15, 0.2) is 0 Å². The van der Waals surface area contributed by atoms with E-state index in [0.717, 1.165) is 0 Å². The van der Waals surface area contributed by atoms with Crippen molar-refractivity contribution >= 4 is 40.6 Å². The van der Waals surface area contributed by atoms with E-state index in [-0.39, 0.29) is 11.9 Å². The van der Waals surface area contributed by atoms with E-state index in [4.69, 9.17) is 39.5 Å². The van der Waals surface area contributed by atoms with E-state index in [1.807, 2.05) is 13.8 Å². The maximum atomic E-state index is 11.4. The number of benzene rings is 1. The van der Waals surface area contributed by atoms with Gasteiger partial charge in [0, 0.05) is 12.5 Å². The molecule has 17 heavy (non-hydrogen) atoms. The Hall–Kier alpha value is -0.440. The molecule has 92 valence electrons. The van der Waals surface area contributed by atoms with Gasteiger partial charge in [0.2, 0.25) is 0 Å². The number of ketones is 1. The molecule has 0 N–H and O–H groups in total. The molecule has 2 nitrogen and oxygen atoms in total. The second kappa shape index (κ2) is 4.34. The maximum absolute atomic E-state index is 11.4. The molecule has 0 amide bonds. The van der Waals surface area contributed by atoms with Crippen LogP contribution in [0.1, 0.15) is 20.3 Å². The summed E-state index contributed by atoms with van der Waals surface area (Å²) in [6, 6.07) is 3.11. The molecule has 0 saturated heterocycles. The second-order valence-corrected chi connectivity index (χ2v) is 5.87. The number of ether oxygens (including phenoxy) is 1. The van der Waals surface area contributed by atoms with E-state index < -0.39 is 5.41 Å². The normalized spacial score (nSPS) is 22.2. The summed E-state index contributed by atoms with van der Waals surface area (Å²) in [5.41, 5.74) is -0.463. The molecule has 0 radical (unpaired) electrons. The molecular weight excluding hydrogens is 282 g/mol. The Balaban J connectivity index is 2.21. The molecule has 1 fully saturated rings. The summed E-state index contributed by atoms with van der Waals surface area (Å²) in [4.78, 5) is 11.4. The number of carbonyl (C=O) groups excluding carboxylic acids is 1. The molecule has 2 rings (SSSR count). The second-order valence-electron chi connectivity index (χ2n) is 4.65. The van der Waals surface area contributed by atoms with Gasteiger partial charge in [-0.05, 0) is 19.9 Å². The minimum atomic E-state index is -0.463. The predicted octanol–water partition coefficient (Wildman–Crippen LogP) is 4.39. The first kappa shape index (κ1) is 13.0. The topological polar surface area (TPSA) is 26.3 Å². The molecule has 1 atom stereocenters. The Kier molecular flexibility index (Phi) is 3.32. The molecule has 1 unspecified atom stereocenters. The van der Waals surface area contributed by atoms with Crippen LogP contribution < -0.4 is 4.74 Å². The van der Waals surface area contributed by atoms with E-state index in [9.17, 15) is 4.79 Å². The summed E-state index contributed by atoms with van der Waals surface area (Å²) in [5.74, 6) is 0.658. The van der Waals surface area contributed by atoms with Crippen molar-refractivity contribution in [2.75, 3.05) is 0 Å². The van der Waals surface area contributed by atoms with Crippen molar-refractivity contribution in [1.29, 1.82) is 0 Å². The number of halogens is 3. The lowest BCUT2D eigenvalue weighted by Crippen LogP contribution is -2.53. The molecule has 0 aliphatic heterocycles. The zero-order valence-electron chi connectivity index (χ0n) is 9.39. The average Bonchev–Trinajstić information content (AvgIpc) is 2.25. The largest absolute Gasteiger partial charge is 0.487 e. The summed E-state index contributed by atoms with van der Waals surface area (Å²) < 4.78 is 5.71. The zero-order valence-corrected chi connectivity index (χ0v) is 11.7. The van der Waals surface area contributed by atoms with E-state index >= 15 is 0 Å². The third-order valence-corrected chi connectivity index (χ3v) is 4.16. The van der Waals surface area contributed by atoms with Gasteiger partial charge in [-0.15, -0.1) is 0 Å². The van der Waals surface area contributed by atoms with Crippen LogP contribution in [-0.2, 0) is 4.79 Å². The van der Waals surface area contributed by atoms with Gasteiger partial charge in [0.05, 0.1) is 20.5 Å². The molecular formula is C12H11Cl3O2. The van der Waals surface area contributed by atoms with Crippen LogP contribution in [0.25, 0.3) is 0 Å². The Morgan fingerprint density at radius 1 is 1.18 bits per heavy atom. The van der Waals surface area contributed by atoms with Crippen LogP contribution >= 0.6 is 34.8 Å². The minimum absolute atomic E-state index is 0.162. The van der Waals surface area contributed by atoms with Crippen molar-refractivity contribution in [2.24, 2.45) is 5.41 Å². The molecule has 1 aromatic rings. The Bertz CT molecular complexity index is 483.